The summed E-state index contributed by atoms with van der Waals surface area (Å²) in [4.78, 5) is 4.23. The summed E-state index contributed by atoms with van der Waals surface area (Å²) in [5.74, 6) is 1.10. The summed E-state index contributed by atoms with van der Waals surface area (Å²) in [5, 5.41) is 3.84. The fraction of sp³-hybridized carbons (Fsp3) is 0.222. The van der Waals surface area contributed by atoms with Crippen LogP contribution in [0.3, 0.4) is 0 Å². The lowest BCUT2D eigenvalue weighted by Crippen LogP contribution is -2.13. The molecule has 7 nitrogen and oxygen atoms in total. The molecule has 0 saturated carbocycles. The Labute approximate surface area is 152 Å². The van der Waals surface area contributed by atoms with Gasteiger partial charge in [0.15, 0.2) is 0 Å². The SMILES string of the molecule is COc1ccc(S(=O)(=O)Nc2cc(C)cc(C)c2)cc1-c1noc(C)n1. The molecule has 0 atom stereocenters. The Balaban J connectivity index is 2.02. The van der Waals surface area contributed by atoms with Crippen molar-refractivity contribution in [1.29, 1.82) is 0 Å². The molecule has 0 bridgehead atoms. The molecule has 0 aliphatic heterocycles. The molecule has 8 heteroatoms. The normalized spacial score (nSPS) is 11.4. The van der Waals surface area contributed by atoms with Gasteiger partial charge in [-0.2, -0.15) is 4.98 Å². The Bertz CT molecular complexity index is 1040. The number of benzene rings is 2. The monoisotopic (exact) mass is 373 g/mol. The zero-order valence-corrected chi connectivity index (χ0v) is 15.7. The molecule has 0 spiro atoms. The minimum Gasteiger partial charge on any atom is -0.496 e. The van der Waals surface area contributed by atoms with Crippen molar-refractivity contribution in [3.05, 3.63) is 53.4 Å². The van der Waals surface area contributed by atoms with Crippen LogP contribution >= 0.6 is 0 Å². The van der Waals surface area contributed by atoms with Crippen molar-refractivity contribution in [2.75, 3.05) is 11.8 Å². The molecular weight excluding hydrogens is 354 g/mol. The van der Waals surface area contributed by atoms with E-state index in [9.17, 15) is 8.42 Å². The molecule has 3 aromatic rings. The number of hydrogen-bond acceptors (Lipinski definition) is 6. The number of sulfonamides is 1. The zero-order valence-electron chi connectivity index (χ0n) is 14.9. The first-order valence-corrected chi connectivity index (χ1v) is 9.36. The number of ether oxygens (including phenoxy) is 1. The third-order valence-electron chi connectivity index (χ3n) is 3.72. The molecule has 0 saturated heterocycles. The number of aryl methyl sites for hydroxylation is 3. The maximum atomic E-state index is 12.8. The summed E-state index contributed by atoms with van der Waals surface area (Å²) in [5.41, 5.74) is 2.89. The molecule has 1 aromatic heterocycles. The Hall–Kier alpha value is -2.87. The van der Waals surface area contributed by atoms with Crippen molar-refractivity contribution in [2.24, 2.45) is 0 Å². The van der Waals surface area contributed by atoms with Gasteiger partial charge in [-0.1, -0.05) is 11.2 Å². The predicted octanol–water partition coefficient (Wildman–Crippen LogP) is 3.47. The first-order valence-electron chi connectivity index (χ1n) is 7.88. The standard InChI is InChI=1S/C18H19N3O4S/c1-11-7-12(2)9-14(8-11)21-26(22,23)15-5-6-17(24-4)16(10-15)18-19-13(3)25-20-18/h5-10,21H,1-4H3. The van der Waals surface area contributed by atoms with Gasteiger partial charge in [-0.3, -0.25) is 4.72 Å². The van der Waals surface area contributed by atoms with Crippen LogP contribution in [0.1, 0.15) is 17.0 Å². The van der Waals surface area contributed by atoms with Crippen molar-refractivity contribution in [1.82, 2.24) is 10.1 Å². The quantitative estimate of drug-likeness (QED) is 0.736. The molecule has 0 aliphatic carbocycles. The smallest absolute Gasteiger partial charge is 0.261 e. The summed E-state index contributed by atoms with van der Waals surface area (Å²) in [6.07, 6.45) is 0. The molecule has 26 heavy (non-hydrogen) atoms. The van der Waals surface area contributed by atoms with Gasteiger partial charge < -0.3 is 9.26 Å². The van der Waals surface area contributed by atoms with Crippen LogP contribution in [0.15, 0.2) is 45.8 Å². The van der Waals surface area contributed by atoms with Crippen LogP contribution < -0.4 is 9.46 Å². The van der Waals surface area contributed by atoms with Crippen molar-refractivity contribution >= 4 is 15.7 Å². The average molecular weight is 373 g/mol. The fourth-order valence-corrected chi connectivity index (χ4v) is 3.75. The average Bonchev–Trinajstić information content (AvgIpc) is 2.99. The molecule has 0 aliphatic rings. The molecule has 136 valence electrons. The molecule has 2 aromatic carbocycles. The molecular formula is C18H19N3O4S. The first-order chi connectivity index (χ1) is 12.3. The van der Waals surface area contributed by atoms with Crippen LogP contribution in [-0.2, 0) is 10.0 Å². The van der Waals surface area contributed by atoms with Crippen LogP contribution in [0.4, 0.5) is 5.69 Å². The fourth-order valence-electron chi connectivity index (χ4n) is 2.69. The number of nitrogens with one attached hydrogen (secondary N) is 1. The van der Waals surface area contributed by atoms with Crippen molar-refractivity contribution in [2.45, 2.75) is 25.7 Å². The molecule has 3 rings (SSSR count). The maximum absolute atomic E-state index is 12.8. The molecule has 0 amide bonds. The predicted molar refractivity (Wildman–Crippen MR) is 97.7 cm³/mol. The minimum atomic E-state index is -3.79. The van der Waals surface area contributed by atoms with E-state index in [0.717, 1.165) is 11.1 Å². The maximum Gasteiger partial charge on any atom is 0.261 e. The van der Waals surface area contributed by atoms with Crippen LogP contribution in [0.5, 0.6) is 5.75 Å². The van der Waals surface area contributed by atoms with E-state index >= 15 is 0 Å². The van der Waals surface area contributed by atoms with Crippen LogP contribution in [0.25, 0.3) is 11.4 Å². The Morgan fingerprint density at radius 3 is 2.31 bits per heavy atom. The lowest BCUT2D eigenvalue weighted by atomic mass is 10.1. The number of anilines is 1. The van der Waals surface area contributed by atoms with E-state index in [-0.39, 0.29) is 10.7 Å². The second kappa shape index (κ2) is 6.80. The number of nitrogens with zero attached hydrogens (tertiary/aromatic N) is 2. The van der Waals surface area contributed by atoms with Gasteiger partial charge in [0.1, 0.15) is 5.75 Å². The number of aromatic nitrogens is 2. The second-order valence-corrected chi connectivity index (χ2v) is 7.66. The largest absolute Gasteiger partial charge is 0.496 e. The van der Waals surface area contributed by atoms with E-state index < -0.39 is 10.0 Å². The summed E-state index contributed by atoms with van der Waals surface area (Å²) >= 11 is 0. The third kappa shape index (κ3) is 3.70. The molecule has 0 unspecified atom stereocenters. The molecule has 0 fully saturated rings. The summed E-state index contributed by atoms with van der Waals surface area (Å²) < 4.78 is 38.5. The number of rotatable bonds is 5. The van der Waals surface area contributed by atoms with Crippen molar-refractivity contribution in [3.8, 4) is 17.1 Å². The first kappa shape index (κ1) is 17.9. The third-order valence-corrected chi connectivity index (χ3v) is 5.10. The highest BCUT2D eigenvalue weighted by atomic mass is 32.2. The van der Waals surface area contributed by atoms with Gasteiger partial charge in [-0.25, -0.2) is 8.42 Å². The highest BCUT2D eigenvalue weighted by Crippen LogP contribution is 2.31. The summed E-state index contributed by atoms with van der Waals surface area (Å²) in [7, 11) is -2.29. The molecule has 1 N–H and O–H groups in total. The Kier molecular flexibility index (Phi) is 4.69. The van der Waals surface area contributed by atoms with E-state index in [2.05, 4.69) is 14.9 Å². The number of hydrogen-bond donors (Lipinski definition) is 1. The van der Waals surface area contributed by atoms with Gasteiger partial charge in [0.2, 0.25) is 11.7 Å². The lowest BCUT2D eigenvalue weighted by molar-refractivity contribution is 0.392. The van der Waals surface area contributed by atoms with Gasteiger partial charge in [-0.05, 0) is 55.3 Å². The Morgan fingerprint density at radius 2 is 1.73 bits per heavy atom. The van der Waals surface area contributed by atoms with E-state index in [1.165, 1.54) is 19.2 Å². The van der Waals surface area contributed by atoms with Crippen LogP contribution in [0, 0.1) is 20.8 Å². The topological polar surface area (TPSA) is 94.3 Å². The van der Waals surface area contributed by atoms with Crippen molar-refractivity contribution in [3.63, 3.8) is 0 Å². The van der Waals surface area contributed by atoms with E-state index in [0.29, 0.717) is 22.9 Å². The highest BCUT2D eigenvalue weighted by Gasteiger charge is 2.20. The van der Waals surface area contributed by atoms with Gasteiger partial charge in [0, 0.05) is 12.6 Å². The van der Waals surface area contributed by atoms with E-state index in [4.69, 9.17) is 9.26 Å². The van der Waals surface area contributed by atoms with Crippen LogP contribution in [0.2, 0.25) is 0 Å². The summed E-state index contributed by atoms with van der Waals surface area (Å²) in [6.45, 7) is 5.48. The van der Waals surface area contributed by atoms with Gasteiger partial charge in [0.05, 0.1) is 17.6 Å². The van der Waals surface area contributed by atoms with Gasteiger partial charge >= 0.3 is 0 Å². The lowest BCUT2D eigenvalue weighted by Gasteiger charge is -2.12. The van der Waals surface area contributed by atoms with Crippen molar-refractivity contribution < 1.29 is 17.7 Å². The van der Waals surface area contributed by atoms with E-state index in [1.54, 1.807) is 25.1 Å². The van der Waals surface area contributed by atoms with Crippen LogP contribution in [-0.4, -0.2) is 25.7 Å². The Morgan fingerprint density at radius 1 is 1.04 bits per heavy atom. The highest BCUT2D eigenvalue weighted by molar-refractivity contribution is 7.92. The van der Waals surface area contributed by atoms with Gasteiger partial charge in [-0.15, -0.1) is 0 Å². The van der Waals surface area contributed by atoms with E-state index in [1.807, 2.05) is 19.9 Å². The molecule has 0 radical (unpaired) electrons. The van der Waals surface area contributed by atoms with Gasteiger partial charge in [0.25, 0.3) is 10.0 Å². The minimum absolute atomic E-state index is 0.0786. The number of methoxy groups -OCH3 is 1. The second-order valence-electron chi connectivity index (χ2n) is 5.98. The summed E-state index contributed by atoms with van der Waals surface area (Å²) in [6, 6.07) is 10.0. The molecule has 1 heterocycles. The zero-order chi connectivity index (χ0) is 18.9.